The number of anilines is 1. The van der Waals surface area contributed by atoms with Crippen LogP contribution in [0.2, 0.25) is 0 Å². The molecular formula is C16H24N2O3. The highest BCUT2D eigenvalue weighted by Crippen LogP contribution is 2.15. The summed E-state index contributed by atoms with van der Waals surface area (Å²) in [5.41, 5.74) is 6.31. The lowest BCUT2D eigenvalue weighted by molar-refractivity contribution is -0.135. The third-order valence-electron chi connectivity index (χ3n) is 3.60. The zero-order chi connectivity index (χ0) is 15.1. The van der Waals surface area contributed by atoms with Crippen molar-refractivity contribution in [1.29, 1.82) is 0 Å². The van der Waals surface area contributed by atoms with E-state index in [1.165, 1.54) is 0 Å². The first-order valence-corrected chi connectivity index (χ1v) is 7.56. The molecule has 5 heteroatoms. The number of nitrogens with zero attached hydrogens (tertiary/aromatic N) is 1. The van der Waals surface area contributed by atoms with Gasteiger partial charge in [-0.15, -0.1) is 0 Å². The molecule has 5 nitrogen and oxygen atoms in total. The van der Waals surface area contributed by atoms with Gasteiger partial charge in [0.2, 0.25) is 5.91 Å². The fraction of sp³-hybridized carbons (Fsp3) is 0.562. The largest absolute Gasteiger partial charge is 0.493 e. The van der Waals surface area contributed by atoms with Crippen molar-refractivity contribution in [2.75, 3.05) is 32.0 Å². The lowest BCUT2D eigenvalue weighted by atomic mass is 10.1. The lowest BCUT2D eigenvalue weighted by Gasteiger charge is -2.32. The average Bonchev–Trinajstić information content (AvgIpc) is 2.50. The number of carbonyl (C=O) groups is 1. The molecule has 2 N–H and O–H groups in total. The lowest BCUT2D eigenvalue weighted by Crippen LogP contribution is -2.43. The van der Waals surface area contributed by atoms with Crippen molar-refractivity contribution in [1.82, 2.24) is 4.90 Å². The van der Waals surface area contributed by atoms with E-state index in [2.05, 4.69) is 0 Å². The van der Waals surface area contributed by atoms with Crippen LogP contribution in [0.25, 0.3) is 0 Å². The van der Waals surface area contributed by atoms with Crippen LogP contribution in [0.1, 0.15) is 26.2 Å². The Morgan fingerprint density at radius 3 is 2.86 bits per heavy atom. The molecule has 21 heavy (non-hydrogen) atoms. The van der Waals surface area contributed by atoms with Crippen molar-refractivity contribution in [3.63, 3.8) is 0 Å². The van der Waals surface area contributed by atoms with E-state index >= 15 is 0 Å². The summed E-state index contributed by atoms with van der Waals surface area (Å²) >= 11 is 0. The summed E-state index contributed by atoms with van der Waals surface area (Å²) in [4.78, 5) is 14.0. The minimum atomic E-state index is 0.134. The molecule has 0 bridgehead atoms. The summed E-state index contributed by atoms with van der Waals surface area (Å²) in [7, 11) is 0. The second kappa shape index (κ2) is 7.88. The first-order valence-electron chi connectivity index (χ1n) is 7.56. The molecule has 1 aliphatic heterocycles. The molecule has 1 aromatic rings. The minimum absolute atomic E-state index is 0.134. The number of amides is 1. The SMILES string of the molecule is CCOC1CCCN(C(=O)CCOc2ccc(N)cc2)C1. The van der Waals surface area contributed by atoms with Gasteiger partial charge in [-0.1, -0.05) is 0 Å². The summed E-state index contributed by atoms with van der Waals surface area (Å²) in [5.74, 6) is 0.873. The van der Waals surface area contributed by atoms with Gasteiger partial charge in [-0.25, -0.2) is 0 Å². The predicted octanol–water partition coefficient (Wildman–Crippen LogP) is 2.07. The van der Waals surface area contributed by atoms with Crippen molar-refractivity contribution >= 4 is 11.6 Å². The maximum absolute atomic E-state index is 12.2. The molecule has 1 fully saturated rings. The Labute approximate surface area is 126 Å². The first kappa shape index (κ1) is 15.6. The number of carbonyl (C=O) groups excluding carboxylic acids is 1. The molecule has 0 saturated carbocycles. The number of likely N-dealkylation sites (tertiary alicyclic amines) is 1. The van der Waals surface area contributed by atoms with E-state index in [1.807, 2.05) is 24.0 Å². The van der Waals surface area contributed by atoms with E-state index in [0.29, 0.717) is 31.9 Å². The zero-order valence-electron chi connectivity index (χ0n) is 12.6. The fourth-order valence-electron chi connectivity index (χ4n) is 2.51. The Morgan fingerprint density at radius 2 is 2.14 bits per heavy atom. The summed E-state index contributed by atoms with van der Waals surface area (Å²) in [5, 5.41) is 0. The Hall–Kier alpha value is -1.75. The maximum Gasteiger partial charge on any atom is 0.226 e. The van der Waals surface area contributed by atoms with Gasteiger partial charge < -0.3 is 20.1 Å². The van der Waals surface area contributed by atoms with Crippen LogP contribution >= 0.6 is 0 Å². The van der Waals surface area contributed by atoms with E-state index in [-0.39, 0.29) is 12.0 Å². The Morgan fingerprint density at radius 1 is 1.38 bits per heavy atom. The molecule has 1 atom stereocenters. The van der Waals surface area contributed by atoms with Crippen LogP contribution in [0, 0.1) is 0 Å². The third kappa shape index (κ3) is 4.93. The third-order valence-corrected chi connectivity index (χ3v) is 3.60. The quantitative estimate of drug-likeness (QED) is 0.815. The molecule has 1 amide bonds. The van der Waals surface area contributed by atoms with Gasteiger partial charge in [0.25, 0.3) is 0 Å². The second-order valence-electron chi connectivity index (χ2n) is 5.23. The zero-order valence-corrected chi connectivity index (χ0v) is 12.6. The number of benzene rings is 1. The monoisotopic (exact) mass is 292 g/mol. The number of nitrogens with two attached hydrogens (primary N) is 1. The second-order valence-corrected chi connectivity index (χ2v) is 5.23. The predicted molar refractivity (Wildman–Crippen MR) is 82.2 cm³/mol. The summed E-state index contributed by atoms with van der Waals surface area (Å²) in [6.45, 7) is 4.60. The average molecular weight is 292 g/mol. The van der Waals surface area contributed by atoms with E-state index in [9.17, 15) is 4.79 Å². The van der Waals surface area contributed by atoms with Crippen LogP contribution in [0.15, 0.2) is 24.3 Å². The van der Waals surface area contributed by atoms with E-state index in [4.69, 9.17) is 15.2 Å². The van der Waals surface area contributed by atoms with E-state index in [1.54, 1.807) is 12.1 Å². The van der Waals surface area contributed by atoms with Gasteiger partial charge in [-0.05, 0) is 44.0 Å². The molecule has 1 heterocycles. The number of ether oxygens (including phenoxy) is 2. The van der Waals surface area contributed by atoms with Crippen LogP contribution in [0.4, 0.5) is 5.69 Å². The van der Waals surface area contributed by atoms with Crippen molar-refractivity contribution in [3.8, 4) is 5.75 Å². The summed E-state index contributed by atoms with van der Waals surface area (Å²) < 4.78 is 11.2. The molecule has 1 aromatic carbocycles. The number of rotatable bonds is 6. The van der Waals surface area contributed by atoms with E-state index in [0.717, 1.165) is 25.1 Å². The molecule has 2 rings (SSSR count). The molecule has 1 aliphatic rings. The highest BCUT2D eigenvalue weighted by atomic mass is 16.5. The molecule has 116 valence electrons. The van der Waals surface area contributed by atoms with Gasteiger partial charge in [-0.3, -0.25) is 4.79 Å². The van der Waals surface area contributed by atoms with Crippen LogP contribution in [0.5, 0.6) is 5.75 Å². The smallest absolute Gasteiger partial charge is 0.226 e. The molecule has 1 unspecified atom stereocenters. The van der Waals surface area contributed by atoms with Crippen LogP contribution < -0.4 is 10.5 Å². The molecular weight excluding hydrogens is 268 g/mol. The Balaban J connectivity index is 1.72. The highest BCUT2D eigenvalue weighted by Gasteiger charge is 2.23. The molecule has 0 radical (unpaired) electrons. The van der Waals surface area contributed by atoms with Crippen LogP contribution in [0.3, 0.4) is 0 Å². The van der Waals surface area contributed by atoms with Gasteiger partial charge in [0.1, 0.15) is 5.75 Å². The Bertz CT molecular complexity index is 445. The van der Waals surface area contributed by atoms with Crippen LogP contribution in [-0.2, 0) is 9.53 Å². The molecule has 0 aromatic heterocycles. The van der Waals surface area contributed by atoms with E-state index < -0.39 is 0 Å². The molecule has 0 spiro atoms. The summed E-state index contributed by atoms with van der Waals surface area (Å²) in [6.07, 6.45) is 2.63. The molecule has 0 aliphatic carbocycles. The normalized spacial score (nSPS) is 18.5. The van der Waals surface area contributed by atoms with Gasteiger partial charge in [0.15, 0.2) is 0 Å². The number of piperidine rings is 1. The standard InChI is InChI=1S/C16H24N2O3/c1-2-20-15-4-3-10-18(12-15)16(19)9-11-21-14-7-5-13(17)6-8-14/h5-8,15H,2-4,9-12,17H2,1H3. The van der Waals surface area contributed by atoms with Crippen molar-refractivity contribution in [2.45, 2.75) is 32.3 Å². The number of hydrogen-bond donors (Lipinski definition) is 1. The minimum Gasteiger partial charge on any atom is -0.493 e. The van der Waals surface area contributed by atoms with Crippen LogP contribution in [-0.4, -0.2) is 43.2 Å². The Kier molecular flexibility index (Phi) is 5.87. The number of hydrogen-bond acceptors (Lipinski definition) is 4. The fourth-order valence-corrected chi connectivity index (χ4v) is 2.51. The van der Waals surface area contributed by atoms with Crippen molar-refractivity contribution in [3.05, 3.63) is 24.3 Å². The molecule has 1 saturated heterocycles. The van der Waals surface area contributed by atoms with Gasteiger partial charge in [0.05, 0.1) is 19.1 Å². The topological polar surface area (TPSA) is 64.8 Å². The van der Waals surface area contributed by atoms with Crippen molar-refractivity contribution < 1.29 is 14.3 Å². The first-order chi connectivity index (χ1) is 10.2. The van der Waals surface area contributed by atoms with Gasteiger partial charge in [0, 0.05) is 25.4 Å². The van der Waals surface area contributed by atoms with Gasteiger partial charge in [-0.2, -0.15) is 0 Å². The number of nitrogen functional groups attached to an aromatic ring is 1. The highest BCUT2D eigenvalue weighted by molar-refractivity contribution is 5.76. The van der Waals surface area contributed by atoms with Gasteiger partial charge >= 0.3 is 0 Å². The summed E-state index contributed by atoms with van der Waals surface area (Å²) in [6, 6.07) is 7.20. The maximum atomic E-state index is 12.2. The van der Waals surface area contributed by atoms with Crippen molar-refractivity contribution in [2.24, 2.45) is 0 Å².